The van der Waals surface area contributed by atoms with E-state index in [1.165, 1.54) is 0 Å². The van der Waals surface area contributed by atoms with E-state index in [-0.39, 0.29) is 48.6 Å². The summed E-state index contributed by atoms with van der Waals surface area (Å²) in [6.07, 6.45) is -1.04. The minimum absolute atomic E-state index is 0.0534. The average Bonchev–Trinajstić information content (AvgIpc) is 2.97. The molecule has 0 radical (unpaired) electrons. The number of Topliss-reactive ketones (excluding diaryl/α,β-unsaturated/α-hetero) is 3. The van der Waals surface area contributed by atoms with Crippen molar-refractivity contribution in [1.82, 2.24) is 0 Å². The lowest BCUT2D eigenvalue weighted by atomic mass is 9.42. The zero-order valence-electron chi connectivity index (χ0n) is 21.1. The first-order valence-electron chi connectivity index (χ1n) is 12.5. The molecule has 34 heavy (non-hydrogen) atoms. The third-order valence-corrected chi connectivity index (χ3v) is 10.8. The van der Waals surface area contributed by atoms with E-state index in [2.05, 4.69) is 0 Å². The van der Waals surface area contributed by atoms with Gasteiger partial charge in [-0.3, -0.25) is 19.2 Å². The number of fused-ring (bicyclic) bond motifs is 4. The van der Waals surface area contributed by atoms with Crippen LogP contribution < -0.4 is 0 Å². The molecule has 8 atom stereocenters. The van der Waals surface area contributed by atoms with Crippen molar-refractivity contribution in [1.29, 1.82) is 0 Å². The minimum atomic E-state index is -1.44. The molecule has 2 unspecified atom stereocenters. The van der Waals surface area contributed by atoms with E-state index in [9.17, 15) is 29.4 Å². The van der Waals surface area contributed by atoms with Crippen molar-refractivity contribution < 1.29 is 34.5 Å². The zero-order valence-corrected chi connectivity index (χ0v) is 21.1. The topological polar surface area (TPSA) is 129 Å². The van der Waals surface area contributed by atoms with Crippen molar-refractivity contribution in [2.75, 3.05) is 0 Å². The quantitative estimate of drug-likeness (QED) is 0.571. The Balaban J connectivity index is 1.91. The summed E-state index contributed by atoms with van der Waals surface area (Å²) in [5, 5.41) is 32.2. The van der Waals surface area contributed by atoms with E-state index in [0.29, 0.717) is 30.4 Å². The van der Waals surface area contributed by atoms with Crippen LogP contribution in [-0.2, 0) is 19.2 Å². The standard InChI is InChI=1S/C27H38O7/c1-13(7-8-19(31)32)14-11-18(30)27(6)20-15(28)12-16-24(2,3)17(29)9-10-25(16,4)21(20)22(33)23(34)26(14,27)5/h13-16,23,28,34H,7-12H2,1-6H3,(H,31,32)/t13?,14-,15+,16+,23?,25+,26+,27+/m1/s1. The largest absolute Gasteiger partial charge is 0.481 e. The van der Waals surface area contributed by atoms with Gasteiger partial charge in [-0.2, -0.15) is 0 Å². The smallest absolute Gasteiger partial charge is 0.303 e. The van der Waals surface area contributed by atoms with E-state index in [4.69, 9.17) is 5.11 Å². The molecule has 0 spiro atoms. The molecule has 2 saturated carbocycles. The molecule has 0 amide bonds. The molecule has 0 aliphatic heterocycles. The van der Waals surface area contributed by atoms with Crippen molar-refractivity contribution >= 4 is 23.3 Å². The summed E-state index contributed by atoms with van der Waals surface area (Å²) in [6, 6.07) is 0. The highest BCUT2D eigenvalue weighted by molar-refractivity contribution is 6.08. The van der Waals surface area contributed by atoms with Crippen LogP contribution >= 0.6 is 0 Å². The molecule has 4 aliphatic carbocycles. The van der Waals surface area contributed by atoms with Gasteiger partial charge in [-0.05, 0) is 49.5 Å². The van der Waals surface area contributed by atoms with Gasteiger partial charge >= 0.3 is 5.97 Å². The maximum absolute atomic E-state index is 14.0. The summed E-state index contributed by atoms with van der Waals surface area (Å²) < 4.78 is 0. The predicted octanol–water partition coefficient (Wildman–Crippen LogP) is 3.11. The summed E-state index contributed by atoms with van der Waals surface area (Å²) >= 11 is 0. The number of rotatable bonds is 4. The molecule has 0 aromatic heterocycles. The first kappa shape index (κ1) is 25.2. The molecular formula is C27H38O7. The molecule has 188 valence electrons. The molecule has 0 aromatic carbocycles. The highest BCUT2D eigenvalue weighted by atomic mass is 16.4. The summed E-state index contributed by atoms with van der Waals surface area (Å²) in [6.45, 7) is 11.1. The number of carbonyl (C=O) groups is 4. The number of aliphatic hydroxyl groups excluding tert-OH is 2. The van der Waals surface area contributed by atoms with Gasteiger partial charge in [0.25, 0.3) is 0 Å². The third-order valence-electron chi connectivity index (χ3n) is 10.8. The second kappa shape index (κ2) is 7.57. The summed E-state index contributed by atoms with van der Waals surface area (Å²) in [5.41, 5.74) is -3.04. The van der Waals surface area contributed by atoms with Crippen LogP contribution in [0, 0.1) is 39.4 Å². The Kier molecular flexibility index (Phi) is 5.62. The van der Waals surface area contributed by atoms with Crippen LogP contribution in [0.4, 0.5) is 0 Å². The Labute approximate surface area is 201 Å². The molecule has 4 rings (SSSR count). The number of carbonyl (C=O) groups excluding carboxylic acids is 3. The number of aliphatic carboxylic acids is 1. The van der Waals surface area contributed by atoms with Gasteiger partial charge in [0.2, 0.25) is 0 Å². The molecule has 2 fully saturated rings. The van der Waals surface area contributed by atoms with Crippen LogP contribution in [0.15, 0.2) is 11.1 Å². The van der Waals surface area contributed by atoms with Gasteiger partial charge in [-0.25, -0.2) is 0 Å². The fraction of sp³-hybridized carbons (Fsp3) is 0.778. The van der Waals surface area contributed by atoms with Gasteiger partial charge in [-0.1, -0.05) is 34.6 Å². The predicted molar refractivity (Wildman–Crippen MR) is 124 cm³/mol. The Hall–Kier alpha value is -1.86. The van der Waals surface area contributed by atoms with Crippen molar-refractivity contribution in [2.24, 2.45) is 39.4 Å². The molecule has 0 aromatic rings. The Morgan fingerprint density at radius 1 is 1.06 bits per heavy atom. The third kappa shape index (κ3) is 2.89. The van der Waals surface area contributed by atoms with Crippen LogP contribution in [0.1, 0.15) is 80.1 Å². The van der Waals surface area contributed by atoms with E-state index >= 15 is 0 Å². The van der Waals surface area contributed by atoms with E-state index in [1.54, 1.807) is 13.8 Å². The lowest BCUT2D eigenvalue weighted by molar-refractivity contribution is -0.158. The summed E-state index contributed by atoms with van der Waals surface area (Å²) in [4.78, 5) is 51.7. The second-order valence-electron chi connectivity index (χ2n) is 12.5. The van der Waals surface area contributed by atoms with Gasteiger partial charge in [0.1, 0.15) is 17.7 Å². The molecule has 0 bridgehead atoms. The number of hydrogen-bond donors (Lipinski definition) is 3. The lowest BCUT2D eigenvalue weighted by Crippen LogP contribution is -2.64. The van der Waals surface area contributed by atoms with Crippen molar-refractivity contribution in [2.45, 2.75) is 92.3 Å². The van der Waals surface area contributed by atoms with Crippen molar-refractivity contribution in [3.8, 4) is 0 Å². The fourth-order valence-electron chi connectivity index (χ4n) is 8.48. The van der Waals surface area contributed by atoms with Crippen LogP contribution in [-0.4, -0.2) is 50.8 Å². The SMILES string of the molecule is CC(CCC(=O)O)[C@H]1CC(=O)[C@@]2(C)C3=C(C(=O)C(O)[C@]12C)[C@@]1(C)CCC(=O)C(C)(C)[C@@H]1C[C@@H]3O. The van der Waals surface area contributed by atoms with Gasteiger partial charge < -0.3 is 15.3 Å². The van der Waals surface area contributed by atoms with Crippen LogP contribution in [0.5, 0.6) is 0 Å². The maximum atomic E-state index is 14.0. The number of carboxylic acids is 1. The van der Waals surface area contributed by atoms with E-state index in [1.807, 2.05) is 27.7 Å². The van der Waals surface area contributed by atoms with Gasteiger partial charge in [-0.15, -0.1) is 0 Å². The first-order chi connectivity index (χ1) is 15.6. The second-order valence-corrected chi connectivity index (χ2v) is 12.5. The lowest BCUT2D eigenvalue weighted by Gasteiger charge is -2.61. The Morgan fingerprint density at radius 3 is 2.26 bits per heavy atom. The van der Waals surface area contributed by atoms with Gasteiger partial charge in [0.05, 0.1) is 11.5 Å². The van der Waals surface area contributed by atoms with Gasteiger partial charge in [0, 0.05) is 41.1 Å². The zero-order chi connectivity index (χ0) is 25.6. The average molecular weight is 475 g/mol. The van der Waals surface area contributed by atoms with Crippen LogP contribution in [0.3, 0.4) is 0 Å². The molecular weight excluding hydrogens is 436 g/mol. The van der Waals surface area contributed by atoms with Crippen LogP contribution in [0.25, 0.3) is 0 Å². The highest BCUT2D eigenvalue weighted by Gasteiger charge is 2.73. The van der Waals surface area contributed by atoms with E-state index in [0.717, 1.165) is 0 Å². The molecule has 7 heteroatoms. The maximum Gasteiger partial charge on any atom is 0.303 e. The van der Waals surface area contributed by atoms with E-state index < -0.39 is 45.6 Å². The monoisotopic (exact) mass is 474 g/mol. The van der Waals surface area contributed by atoms with Crippen molar-refractivity contribution in [3.05, 3.63) is 11.1 Å². The molecule has 3 N–H and O–H groups in total. The first-order valence-corrected chi connectivity index (χ1v) is 12.5. The summed E-state index contributed by atoms with van der Waals surface area (Å²) in [5.74, 6) is -2.25. The van der Waals surface area contributed by atoms with Crippen molar-refractivity contribution in [3.63, 3.8) is 0 Å². The number of carboxylic acid groups (broad SMARTS) is 1. The molecule has 0 heterocycles. The molecule has 4 aliphatic rings. The normalized spacial score (nSPS) is 44.4. The minimum Gasteiger partial charge on any atom is -0.481 e. The number of hydrogen-bond acceptors (Lipinski definition) is 6. The molecule has 7 nitrogen and oxygen atoms in total. The number of aliphatic hydroxyl groups is 2. The van der Waals surface area contributed by atoms with Gasteiger partial charge in [0.15, 0.2) is 5.78 Å². The summed E-state index contributed by atoms with van der Waals surface area (Å²) in [7, 11) is 0. The van der Waals surface area contributed by atoms with Crippen LogP contribution in [0.2, 0.25) is 0 Å². The number of ketones is 3. The Morgan fingerprint density at radius 2 is 1.68 bits per heavy atom. The Bertz CT molecular complexity index is 1010. The fourth-order valence-corrected chi connectivity index (χ4v) is 8.48. The highest BCUT2D eigenvalue weighted by Crippen LogP contribution is 2.70. The molecule has 0 saturated heterocycles.